The van der Waals surface area contributed by atoms with Gasteiger partial charge in [0.25, 0.3) is 0 Å². The molecule has 0 saturated carbocycles. The molecule has 140 valence electrons. The Morgan fingerprint density at radius 1 is 1.27 bits per heavy atom. The molecule has 2 aromatic rings. The molecule has 2 heterocycles. The van der Waals surface area contributed by atoms with Crippen LogP contribution in [0, 0.1) is 0 Å². The lowest BCUT2D eigenvalue weighted by molar-refractivity contribution is 0.461. The van der Waals surface area contributed by atoms with E-state index in [1.54, 1.807) is 11.3 Å². The number of aliphatic imine (C=N–C) groups is 1. The lowest BCUT2D eigenvalue weighted by atomic mass is 10.0. The number of hydrogen-bond acceptors (Lipinski definition) is 5. The van der Waals surface area contributed by atoms with E-state index < -0.39 is 0 Å². The van der Waals surface area contributed by atoms with Crippen LogP contribution in [0.1, 0.15) is 18.5 Å². The molecule has 6 nitrogen and oxygen atoms in total. The summed E-state index contributed by atoms with van der Waals surface area (Å²) in [4.78, 5) is 13.4. The number of piperidine rings is 1. The van der Waals surface area contributed by atoms with Crippen LogP contribution in [0.4, 0.5) is 10.8 Å². The van der Waals surface area contributed by atoms with Crippen molar-refractivity contribution in [3.8, 4) is 0 Å². The van der Waals surface area contributed by atoms with Crippen LogP contribution >= 0.6 is 11.3 Å². The predicted octanol–water partition coefficient (Wildman–Crippen LogP) is 2.54. The second-order valence-corrected chi connectivity index (χ2v) is 7.52. The maximum atomic E-state index is 4.60. The van der Waals surface area contributed by atoms with E-state index in [1.165, 1.54) is 5.69 Å². The van der Waals surface area contributed by atoms with Crippen LogP contribution in [0.25, 0.3) is 0 Å². The third-order valence-corrected chi connectivity index (χ3v) is 5.60. The summed E-state index contributed by atoms with van der Waals surface area (Å²) in [7, 11) is 5.84. The molecule has 7 heteroatoms. The second-order valence-electron chi connectivity index (χ2n) is 6.68. The summed E-state index contributed by atoms with van der Waals surface area (Å²) in [5.74, 6) is 0.850. The fourth-order valence-corrected chi connectivity index (χ4v) is 3.82. The van der Waals surface area contributed by atoms with Gasteiger partial charge >= 0.3 is 0 Å². The van der Waals surface area contributed by atoms with Crippen molar-refractivity contribution in [2.24, 2.45) is 4.99 Å². The Bertz CT molecular complexity index is 704. The summed E-state index contributed by atoms with van der Waals surface area (Å²) in [5.41, 5.74) is 2.36. The zero-order chi connectivity index (χ0) is 18.4. The first-order valence-electron chi connectivity index (χ1n) is 9.04. The number of nitrogens with zero attached hydrogens (tertiary/aromatic N) is 4. The third-order valence-electron chi connectivity index (χ3n) is 4.54. The van der Waals surface area contributed by atoms with Crippen molar-refractivity contribution in [3.05, 3.63) is 41.4 Å². The van der Waals surface area contributed by atoms with Gasteiger partial charge in [-0.05, 0) is 25.0 Å². The van der Waals surface area contributed by atoms with E-state index in [-0.39, 0.29) is 0 Å². The molecule has 0 unspecified atom stereocenters. The third kappa shape index (κ3) is 4.88. The first-order valence-corrected chi connectivity index (χ1v) is 9.92. The number of benzene rings is 1. The first kappa shape index (κ1) is 18.5. The van der Waals surface area contributed by atoms with E-state index in [2.05, 4.69) is 61.2 Å². The fourth-order valence-electron chi connectivity index (χ4n) is 3.07. The molecule has 0 bridgehead atoms. The summed E-state index contributed by atoms with van der Waals surface area (Å²) in [6, 6.07) is 11.1. The number of guanidine groups is 1. The summed E-state index contributed by atoms with van der Waals surface area (Å²) < 4.78 is 0. The Kier molecular flexibility index (Phi) is 6.33. The van der Waals surface area contributed by atoms with Gasteiger partial charge in [0.1, 0.15) is 0 Å². The van der Waals surface area contributed by atoms with Crippen molar-refractivity contribution in [1.82, 2.24) is 15.6 Å². The summed E-state index contributed by atoms with van der Waals surface area (Å²) in [5, 5.41) is 10.1. The summed E-state index contributed by atoms with van der Waals surface area (Å²) in [6.07, 6.45) is 2.22. The number of thiazole rings is 1. The largest absolute Gasteiger partial charge is 0.371 e. The van der Waals surface area contributed by atoms with Crippen molar-refractivity contribution in [2.45, 2.75) is 25.4 Å². The average Bonchev–Trinajstić information content (AvgIpc) is 3.16. The Hall–Kier alpha value is -2.28. The average molecular weight is 373 g/mol. The molecule has 1 aromatic carbocycles. The highest BCUT2D eigenvalue weighted by atomic mass is 32.1. The van der Waals surface area contributed by atoms with Gasteiger partial charge in [-0.15, -0.1) is 11.3 Å². The zero-order valence-electron chi connectivity index (χ0n) is 15.8. The van der Waals surface area contributed by atoms with Crippen LogP contribution in [-0.2, 0) is 6.54 Å². The van der Waals surface area contributed by atoms with Gasteiger partial charge in [0.2, 0.25) is 0 Å². The second kappa shape index (κ2) is 8.89. The number of hydrogen-bond donors (Lipinski definition) is 2. The molecule has 1 aromatic heterocycles. The Labute approximate surface area is 160 Å². The highest BCUT2D eigenvalue weighted by molar-refractivity contribution is 7.13. The van der Waals surface area contributed by atoms with Crippen LogP contribution in [0.15, 0.2) is 40.7 Å². The quantitative estimate of drug-likeness (QED) is 0.624. The lowest BCUT2D eigenvalue weighted by Crippen LogP contribution is -2.48. The SMILES string of the molecule is CN=C(NCc1csc(N(C)C)n1)NC1CCN(c2ccccc2)CC1. The van der Waals surface area contributed by atoms with Gasteiger partial charge in [-0.3, -0.25) is 4.99 Å². The van der Waals surface area contributed by atoms with E-state index in [4.69, 9.17) is 0 Å². The van der Waals surface area contributed by atoms with Crippen LogP contribution in [0.3, 0.4) is 0 Å². The van der Waals surface area contributed by atoms with Gasteiger partial charge in [0, 0.05) is 51.3 Å². The number of rotatable bonds is 5. The highest BCUT2D eigenvalue weighted by Crippen LogP contribution is 2.20. The molecule has 1 fully saturated rings. The molecule has 1 saturated heterocycles. The molecule has 0 spiro atoms. The molecule has 1 aliphatic heterocycles. The van der Waals surface area contributed by atoms with Gasteiger partial charge in [0.05, 0.1) is 12.2 Å². The van der Waals surface area contributed by atoms with Crippen LogP contribution < -0.4 is 20.4 Å². The van der Waals surface area contributed by atoms with Crippen LogP contribution in [-0.4, -0.2) is 51.2 Å². The topological polar surface area (TPSA) is 55.8 Å². The maximum Gasteiger partial charge on any atom is 0.191 e. The molecular weight excluding hydrogens is 344 g/mol. The molecule has 2 N–H and O–H groups in total. The van der Waals surface area contributed by atoms with Crippen molar-refractivity contribution in [3.63, 3.8) is 0 Å². The molecule has 0 atom stereocenters. The standard InChI is InChI=1S/C19H28N6S/c1-20-18(21-13-16-14-26-19(23-16)24(2)3)22-15-9-11-25(12-10-15)17-7-5-4-6-8-17/h4-8,14-15H,9-13H2,1-3H3,(H2,20,21,22). The molecule has 0 radical (unpaired) electrons. The lowest BCUT2D eigenvalue weighted by Gasteiger charge is -2.34. The number of aromatic nitrogens is 1. The highest BCUT2D eigenvalue weighted by Gasteiger charge is 2.20. The molecule has 3 rings (SSSR count). The predicted molar refractivity (Wildman–Crippen MR) is 111 cm³/mol. The van der Waals surface area contributed by atoms with E-state index >= 15 is 0 Å². The number of para-hydroxylation sites is 1. The van der Waals surface area contributed by atoms with Gasteiger partial charge < -0.3 is 20.4 Å². The van der Waals surface area contributed by atoms with Crippen molar-refractivity contribution < 1.29 is 0 Å². The van der Waals surface area contributed by atoms with Crippen molar-refractivity contribution >= 4 is 28.1 Å². The van der Waals surface area contributed by atoms with Gasteiger partial charge in [-0.25, -0.2) is 4.98 Å². The van der Waals surface area contributed by atoms with E-state index in [1.807, 2.05) is 26.0 Å². The number of nitrogens with one attached hydrogen (secondary N) is 2. The maximum absolute atomic E-state index is 4.60. The molecular formula is C19H28N6S. The van der Waals surface area contributed by atoms with E-state index in [0.717, 1.165) is 42.7 Å². The minimum atomic E-state index is 0.453. The first-order chi connectivity index (χ1) is 12.7. The smallest absolute Gasteiger partial charge is 0.191 e. The van der Waals surface area contributed by atoms with E-state index in [9.17, 15) is 0 Å². The molecule has 0 amide bonds. The van der Waals surface area contributed by atoms with Crippen molar-refractivity contribution in [2.75, 3.05) is 44.0 Å². The van der Waals surface area contributed by atoms with Gasteiger partial charge in [-0.1, -0.05) is 18.2 Å². The van der Waals surface area contributed by atoms with E-state index in [0.29, 0.717) is 12.6 Å². The Morgan fingerprint density at radius 3 is 2.62 bits per heavy atom. The fraction of sp³-hybridized carbons (Fsp3) is 0.474. The molecule has 1 aliphatic rings. The van der Waals surface area contributed by atoms with Crippen LogP contribution in [0.5, 0.6) is 0 Å². The van der Waals surface area contributed by atoms with Gasteiger partial charge in [0.15, 0.2) is 11.1 Å². The number of anilines is 2. The van der Waals surface area contributed by atoms with Crippen molar-refractivity contribution in [1.29, 1.82) is 0 Å². The Morgan fingerprint density at radius 2 is 2.00 bits per heavy atom. The van der Waals surface area contributed by atoms with Gasteiger partial charge in [-0.2, -0.15) is 0 Å². The monoisotopic (exact) mass is 372 g/mol. The normalized spacial score (nSPS) is 15.8. The molecule has 26 heavy (non-hydrogen) atoms. The van der Waals surface area contributed by atoms with Crippen LogP contribution in [0.2, 0.25) is 0 Å². The zero-order valence-corrected chi connectivity index (χ0v) is 16.6. The summed E-state index contributed by atoms with van der Waals surface area (Å²) in [6.45, 7) is 2.82. The Balaban J connectivity index is 1.45. The minimum absolute atomic E-state index is 0.453. The minimum Gasteiger partial charge on any atom is -0.371 e. The molecule has 0 aliphatic carbocycles. The summed E-state index contributed by atoms with van der Waals surface area (Å²) >= 11 is 1.66.